The predicted molar refractivity (Wildman–Crippen MR) is 78.2 cm³/mol. The first-order valence-electron chi connectivity index (χ1n) is 6.29. The summed E-state index contributed by atoms with van der Waals surface area (Å²) in [5, 5.41) is 10.7. The number of benzene rings is 1. The van der Waals surface area contributed by atoms with Gasteiger partial charge in [0.2, 0.25) is 0 Å². The van der Waals surface area contributed by atoms with Gasteiger partial charge in [-0.1, -0.05) is 0 Å². The zero-order chi connectivity index (χ0) is 14.0. The first kappa shape index (κ1) is 16.4. The Kier molecular flexibility index (Phi) is 5.47. The van der Waals surface area contributed by atoms with Crippen molar-refractivity contribution in [2.45, 2.75) is 25.8 Å². The van der Waals surface area contributed by atoms with Crippen LogP contribution in [0.25, 0.3) is 0 Å². The lowest BCUT2D eigenvalue weighted by Crippen LogP contribution is -2.45. The summed E-state index contributed by atoms with van der Waals surface area (Å²) >= 11 is 0. The van der Waals surface area contributed by atoms with Gasteiger partial charge in [0.15, 0.2) is 0 Å². The van der Waals surface area contributed by atoms with Gasteiger partial charge < -0.3 is 10.6 Å². The molecule has 0 saturated carbocycles. The van der Waals surface area contributed by atoms with Gasteiger partial charge in [0.25, 0.3) is 11.6 Å². The summed E-state index contributed by atoms with van der Waals surface area (Å²) in [6.45, 7) is 2.88. The second kappa shape index (κ2) is 6.67. The van der Waals surface area contributed by atoms with E-state index in [0.717, 1.165) is 12.8 Å². The number of hydrogen-bond acceptors (Lipinski definition) is 4. The van der Waals surface area contributed by atoms with Crippen LogP contribution in [0.4, 0.5) is 5.69 Å². The van der Waals surface area contributed by atoms with E-state index in [-0.39, 0.29) is 30.0 Å². The number of nitro groups is 1. The molecule has 0 aliphatic carbocycles. The Balaban J connectivity index is 0.00000200. The van der Waals surface area contributed by atoms with Crippen molar-refractivity contribution in [3.63, 3.8) is 0 Å². The minimum atomic E-state index is -0.444. The van der Waals surface area contributed by atoms with Crippen LogP contribution in [-0.2, 0) is 0 Å². The first-order valence-corrected chi connectivity index (χ1v) is 6.29. The highest BCUT2D eigenvalue weighted by atomic mass is 35.5. The van der Waals surface area contributed by atoms with Crippen LogP contribution < -0.4 is 5.73 Å². The molecule has 1 aromatic carbocycles. The Morgan fingerprint density at radius 1 is 1.50 bits per heavy atom. The number of hydrogen-bond donors (Lipinski definition) is 1. The van der Waals surface area contributed by atoms with Gasteiger partial charge >= 0.3 is 0 Å². The van der Waals surface area contributed by atoms with Crippen LogP contribution in [0.1, 0.15) is 28.8 Å². The molecule has 1 aromatic rings. The third-order valence-corrected chi connectivity index (χ3v) is 3.39. The van der Waals surface area contributed by atoms with Crippen molar-refractivity contribution < 1.29 is 9.72 Å². The fourth-order valence-corrected chi connectivity index (χ4v) is 2.37. The summed E-state index contributed by atoms with van der Waals surface area (Å²) in [5.74, 6) is -0.104. The fraction of sp³-hybridized carbons (Fsp3) is 0.462. The number of carbonyl (C=O) groups is 1. The molecule has 1 fully saturated rings. The van der Waals surface area contributed by atoms with Crippen molar-refractivity contribution in [3.8, 4) is 0 Å². The Morgan fingerprint density at radius 3 is 2.75 bits per heavy atom. The van der Waals surface area contributed by atoms with E-state index < -0.39 is 4.92 Å². The molecule has 1 atom stereocenters. The van der Waals surface area contributed by atoms with Crippen molar-refractivity contribution >= 4 is 24.0 Å². The average molecular weight is 300 g/mol. The maximum Gasteiger partial charge on any atom is 0.272 e. The highest BCUT2D eigenvalue weighted by Gasteiger charge is 2.23. The van der Waals surface area contributed by atoms with Gasteiger partial charge in [-0.05, 0) is 31.9 Å². The van der Waals surface area contributed by atoms with Crippen LogP contribution in [0, 0.1) is 17.0 Å². The molecule has 2 N–H and O–H groups in total. The Morgan fingerprint density at radius 2 is 2.20 bits per heavy atom. The molecule has 0 radical (unpaired) electrons. The molecular formula is C13H18ClN3O3. The van der Waals surface area contributed by atoms with E-state index in [2.05, 4.69) is 0 Å². The van der Waals surface area contributed by atoms with Crippen LogP contribution in [-0.4, -0.2) is 34.9 Å². The Labute approximate surface area is 123 Å². The van der Waals surface area contributed by atoms with Gasteiger partial charge in [-0.15, -0.1) is 12.4 Å². The van der Waals surface area contributed by atoms with E-state index in [4.69, 9.17) is 5.73 Å². The molecule has 7 heteroatoms. The minimum absolute atomic E-state index is 0. The summed E-state index contributed by atoms with van der Waals surface area (Å²) in [7, 11) is 0. The molecule has 0 unspecified atom stereocenters. The predicted octanol–water partition coefficient (Wildman–Crippen LogP) is 1.89. The lowest BCUT2D eigenvalue weighted by Gasteiger charge is -2.30. The lowest BCUT2D eigenvalue weighted by molar-refractivity contribution is -0.385. The Hall–Kier alpha value is -1.66. The first-order chi connectivity index (χ1) is 8.99. The van der Waals surface area contributed by atoms with E-state index in [0.29, 0.717) is 24.2 Å². The third kappa shape index (κ3) is 3.46. The Bertz CT molecular complexity index is 522. The molecule has 1 aliphatic heterocycles. The van der Waals surface area contributed by atoms with Crippen molar-refractivity contribution in [2.24, 2.45) is 5.73 Å². The molecule has 20 heavy (non-hydrogen) atoms. The van der Waals surface area contributed by atoms with Crippen LogP contribution >= 0.6 is 12.4 Å². The number of aryl methyl sites for hydroxylation is 1. The smallest absolute Gasteiger partial charge is 0.272 e. The van der Waals surface area contributed by atoms with Crippen molar-refractivity contribution in [1.82, 2.24) is 4.90 Å². The third-order valence-electron chi connectivity index (χ3n) is 3.39. The topological polar surface area (TPSA) is 89.5 Å². The summed E-state index contributed by atoms with van der Waals surface area (Å²) in [6, 6.07) is 4.48. The summed E-state index contributed by atoms with van der Waals surface area (Å²) in [5.41, 5.74) is 6.87. The molecule has 6 nitrogen and oxygen atoms in total. The summed E-state index contributed by atoms with van der Waals surface area (Å²) < 4.78 is 0. The van der Waals surface area contributed by atoms with Crippen molar-refractivity contribution in [3.05, 3.63) is 39.4 Å². The highest BCUT2D eigenvalue weighted by Crippen LogP contribution is 2.20. The second-order valence-corrected chi connectivity index (χ2v) is 4.91. The van der Waals surface area contributed by atoms with E-state index in [9.17, 15) is 14.9 Å². The number of rotatable bonds is 2. The monoisotopic (exact) mass is 299 g/mol. The molecule has 1 amide bonds. The van der Waals surface area contributed by atoms with Crippen LogP contribution in [0.2, 0.25) is 0 Å². The number of carbonyl (C=O) groups excluding carboxylic acids is 1. The van der Waals surface area contributed by atoms with Crippen LogP contribution in [0.15, 0.2) is 18.2 Å². The SMILES string of the molecule is Cc1cc(C(=O)N2CCC[C@@H](N)C2)ccc1[N+](=O)[O-].Cl. The van der Waals surface area contributed by atoms with Gasteiger partial charge in [-0.2, -0.15) is 0 Å². The normalized spacial score (nSPS) is 18.3. The van der Waals surface area contributed by atoms with Gasteiger partial charge in [0.1, 0.15) is 0 Å². The number of halogens is 1. The quantitative estimate of drug-likeness (QED) is 0.667. The van der Waals surface area contributed by atoms with Crippen molar-refractivity contribution in [2.75, 3.05) is 13.1 Å². The molecule has 0 bridgehead atoms. The summed E-state index contributed by atoms with van der Waals surface area (Å²) in [4.78, 5) is 24.3. The zero-order valence-electron chi connectivity index (χ0n) is 11.2. The van der Waals surface area contributed by atoms with E-state index in [1.54, 1.807) is 17.9 Å². The average Bonchev–Trinajstić information content (AvgIpc) is 2.37. The van der Waals surface area contributed by atoms with Gasteiger partial charge in [-0.3, -0.25) is 14.9 Å². The lowest BCUT2D eigenvalue weighted by atomic mass is 10.0. The van der Waals surface area contributed by atoms with Gasteiger partial charge in [0.05, 0.1) is 4.92 Å². The molecule has 1 heterocycles. The van der Waals surface area contributed by atoms with E-state index in [1.165, 1.54) is 12.1 Å². The van der Waals surface area contributed by atoms with Crippen molar-refractivity contribution in [1.29, 1.82) is 0 Å². The maximum atomic E-state index is 12.3. The molecule has 0 spiro atoms. The number of piperidine rings is 1. The molecule has 2 rings (SSSR count). The number of nitrogens with two attached hydrogens (primary N) is 1. The second-order valence-electron chi connectivity index (χ2n) is 4.91. The molecule has 110 valence electrons. The molecule has 0 aromatic heterocycles. The van der Waals surface area contributed by atoms with E-state index >= 15 is 0 Å². The van der Waals surface area contributed by atoms with Crippen LogP contribution in [0.5, 0.6) is 0 Å². The number of nitrogens with zero attached hydrogens (tertiary/aromatic N) is 2. The van der Waals surface area contributed by atoms with Gasteiger partial charge in [0, 0.05) is 36.3 Å². The molecule has 1 saturated heterocycles. The summed E-state index contributed by atoms with van der Waals surface area (Å²) in [6.07, 6.45) is 1.84. The van der Waals surface area contributed by atoms with Crippen LogP contribution in [0.3, 0.4) is 0 Å². The highest BCUT2D eigenvalue weighted by molar-refractivity contribution is 5.94. The minimum Gasteiger partial charge on any atom is -0.337 e. The van der Waals surface area contributed by atoms with E-state index in [1.807, 2.05) is 0 Å². The number of likely N-dealkylation sites (tertiary alicyclic amines) is 1. The largest absolute Gasteiger partial charge is 0.337 e. The number of nitro benzene ring substituents is 1. The standard InChI is InChI=1S/C13H17N3O3.ClH/c1-9-7-10(4-5-12(9)16(18)19)13(17)15-6-2-3-11(14)8-15;/h4-5,7,11H,2-3,6,8,14H2,1H3;1H/t11-;/m1./s1. The number of amides is 1. The maximum absolute atomic E-state index is 12.3. The van der Waals surface area contributed by atoms with Gasteiger partial charge in [-0.25, -0.2) is 0 Å². The zero-order valence-corrected chi connectivity index (χ0v) is 12.1. The molecule has 1 aliphatic rings. The molecular weight excluding hydrogens is 282 g/mol. The fourth-order valence-electron chi connectivity index (χ4n) is 2.37.